The molecule has 0 aromatic rings. The molecule has 0 amide bonds. The summed E-state index contributed by atoms with van der Waals surface area (Å²) < 4.78 is 1.17. The highest BCUT2D eigenvalue weighted by atomic mass is 15.3. The molecule has 1 N–H and O–H groups in total. The maximum Gasteiger partial charge on any atom is 0.0936 e. The van der Waals surface area contributed by atoms with Crippen molar-refractivity contribution in [3.05, 3.63) is 0 Å². The molecule has 2 nitrogen and oxygen atoms in total. The van der Waals surface area contributed by atoms with Gasteiger partial charge in [-0.2, -0.15) is 0 Å². The van der Waals surface area contributed by atoms with Crippen molar-refractivity contribution in [3.8, 4) is 0 Å². The minimum atomic E-state index is 0.703. The molecule has 9 heavy (non-hydrogen) atoms. The van der Waals surface area contributed by atoms with Crippen molar-refractivity contribution >= 4 is 0 Å². The monoisotopic (exact) mass is 129 g/mol. The molecule has 0 spiro atoms. The summed E-state index contributed by atoms with van der Waals surface area (Å²) in [5.74, 6) is 0. The molecule has 1 heterocycles. The van der Waals surface area contributed by atoms with Gasteiger partial charge in [0.2, 0.25) is 0 Å². The third-order valence-corrected chi connectivity index (χ3v) is 1.98. The topological polar surface area (TPSA) is 12.0 Å². The second-order valence-corrected chi connectivity index (χ2v) is 3.70. The predicted molar refractivity (Wildman–Crippen MR) is 39.3 cm³/mol. The van der Waals surface area contributed by atoms with Gasteiger partial charge in [-0.3, -0.25) is 0 Å². The largest absolute Gasteiger partial charge is 0.326 e. The first-order valence-corrected chi connectivity index (χ1v) is 3.65. The van der Waals surface area contributed by atoms with E-state index in [0.717, 1.165) is 0 Å². The van der Waals surface area contributed by atoms with Crippen LogP contribution in [0, 0.1) is 0 Å². The predicted octanol–water partition coefficient (Wildman–Crippen LogP) is 0.0545. The smallest absolute Gasteiger partial charge is 0.0936 e. The maximum atomic E-state index is 3.42. The molecule has 1 saturated heterocycles. The van der Waals surface area contributed by atoms with Crippen LogP contribution in [0.3, 0.4) is 0 Å². The summed E-state index contributed by atoms with van der Waals surface area (Å²) in [5, 5.41) is 3.42. The van der Waals surface area contributed by atoms with E-state index in [9.17, 15) is 0 Å². The number of piperazine rings is 1. The van der Waals surface area contributed by atoms with Crippen LogP contribution in [-0.2, 0) is 0 Å². The Morgan fingerprint density at radius 1 is 1.44 bits per heavy atom. The molecule has 54 valence electrons. The zero-order valence-corrected chi connectivity index (χ0v) is 6.65. The van der Waals surface area contributed by atoms with Gasteiger partial charge in [0.25, 0.3) is 0 Å². The summed E-state index contributed by atoms with van der Waals surface area (Å²) in [4.78, 5) is 0. The molecule has 0 aliphatic carbocycles. The fourth-order valence-corrected chi connectivity index (χ4v) is 1.51. The minimum Gasteiger partial charge on any atom is -0.326 e. The van der Waals surface area contributed by atoms with Gasteiger partial charge in [0.1, 0.15) is 0 Å². The Morgan fingerprint density at radius 2 is 2.11 bits per heavy atom. The Kier molecular flexibility index (Phi) is 1.78. The summed E-state index contributed by atoms with van der Waals surface area (Å²) in [6, 6.07) is 0.703. The van der Waals surface area contributed by atoms with Crippen molar-refractivity contribution < 1.29 is 4.48 Å². The van der Waals surface area contributed by atoms with Gasteiger partial charge in [-0.15, -0.1) is 0 Å². The van der Waals surface area contributed by atoms with Gasteiger partial charge in [0.05, 0.1) is 33.2 Å². The van der Waals surface area contributed by atoms with E-state index < -0.39 is 0 Å². The molecule has 1 rings (SSSR count). The van der Waals surface area contributed by atoms with Gasteiger partial charge in [-0.25, -0.2) is 0 Å². The van der Waals surface area contributed by atoms with Gasteiger partial charge < -0.3 is 9.80 Å². The number of hydrogen-bond donors (Lipinski definition) is 1. The average molecular weight is 129 g/mol. The summed E-state index contributed by atoms with van der Waals surface area (Å²) in [6.07, 6.45) is 0. The number of quaternary nitrogens is 1. The molecule has 0 aromatic carbocycles. The van der Waals surface area contributed by atoms with Crippen LogP contribution in [0.5, 0.6) is 0 Å². The highest BCUT2D eigenvalue weighted by molar-refractivity contribution is 4.63. The van der Waals surface area contributed by atoms with E-state index in [0.29, 0.717) is 6.04 Å². The summed E-state index contributed by atoms with van der Waals surface area (Å²) in [7, 11) is 4.58. The average Bonchev–Trinajstić information content (AvgIpc) is 1.60. The molecule has 1 aliphatic rings. The normalized spacial score (nSPS) is 34.3. The second kappa shape index (κ2) is 2.27. The number of nitrogens with one attached hydrogen (secondary N) is 1. The van der Waals surface area contributed by atoms with Gasteiger partial charge in [0.15, 0.2) is 0 Å². The molecule has 1 fully saturated rings. The molecule has 0 aromatic heterocycles. The fourth-order valence-electron chi connectivity index (χ4n) is 1.51. The van der Waals surface area contributed by atoms with E-state index in [4.69, 9.17) is 0 Å². The third kappa shape index (κ3) is 1.95. The standard InChI is InChI=1S/C7H17N2/c1-7-6-9(2,3)5-4-8-7/h7-8H,4-6H2,1-3H3/q+1. The lowest BCUT2D eigenvalue weighted by Gasteiger charge is -2.37. The van der Waals surface area contributed by atoms with E-state index in [1.807, 2.05) is 0 Å². The Hall–Kier alpha value is -0.0800. The van der Waals surface area contributed by atoms with Crippen LogP contribution in [0.25, 0.3) is 0 Å². The van der Waals surface area contributed by atoms with Crippen LogP contribution >= 0.6 is 0 Å². The first kappa shape index (κ1) is 7.03. The quantitative estimate of drug-likeness (QED) is 0.456. The number of hydrogen-bond acceptors (Lipinski definition) is 1. The van der Waals surface area contributed by atoms with Crippen molar-refractivity contribution in [1.29, 1.82) is 0 Å². The third-order valence-electron chi connectivity index (χ3n) is 1.98. The summed E-state index contributed by atoms with van der Waals surface area (Å²) >= 11 is 0. The molecular weight excluding hydrogens is 112 g/mol. The fraction of sp³-hybridized carbons (Fsp3) is 1.00. The molecule has 1 aliphatic heterocycles. The van der Waals surface area contributed by atoms with Crippen molar-refractivity contribution in [2.24, 2.45) is 0 Å². The Bertz CT molecular complexity index is 99.1. The first-order chi connectivity index (χ1) is 4.10. The van der Waals surface area contributed by atoms with Crippen LogP contribution in [0.1, 0.15) is 6.92 Å². The lowest BCUT2D eigenvalue weighted by Crippen LogP contribution is -2.57. The highest BCUT2D eigenvalue weighted by Gasteiger charge is 2.22. The molecule has 0 bridgehead atoms. The van der Waals surface area contributed by atoms with Gasteiger partial charge in [0, 0.05) is 6.54 Å². The van der Waals surface area contributed by atoms with Crippen LogP contribution in [0.4, 0.5) is 0 Å². The first-order valence-electron chi connectivity index (χ1n) is 3.65. The van der Waals surface area contributed by atoms with E-state index in [-0.39, 0.29) is 0 Å². The zero-order valence-electron chi connectivity index (χ0n) is 6.65. The minimum absolute atomic E-state index is 0.703. The molecule has 1 unspecified atom stereocenters. The van der Waals surface area contributed by atoms with Crippen LogP contribution in [0.2, 0.25) is 0 Å². The second-order valence-electron chi connectivity index (χ2n) is 3.70. The zero-order chi connectivity index (χ0) is 6.91. The van der Waals surface area contributed by atoms with Crippen molar-refractivity contribution in [3.63, 3.8) is 0 Å². The summed E-state index contributed by atoms with van der Waals surface area (Å²) in [5.41, 5.74) is 0. The lowest BCUT2D eigenvalue weighted by molar-refractivity contribution is -0.894. The molecule has 0 saturated carbocycles. The Balaban J connectivity index is 2.41. The molecule has 0 radical (unpaired) electrons. The van der Waals surface area contributed by atoms with E-state index in [2.05, 4.69) is 26.3 Å². The highest BCUT2D eigenvalue weighted by Crippen LogP contribution is 2.02. The number of likely N-dealkylation sites (N-methyl/N-ethyl adjacent to an activating group) is 1. The van der Waals surface area contributed by atoms with Crippen LogP contribution in [-0.4, -0.2) is 44.3 Å². The van der Waals surface area contributed by atoms with Gasteiger partial charge in [-0.05, 0) is 6.92 Å². The van der Waals surface area contributed by atoms with Gasteiger partial charge >= 0.3 is 0 Å². The number of rotatable bonds is 0. The van der Waals surface area contributed by atoms with Crippen LogP contribution in [0.15, 0.2) is 0 Å². The van der Waals surface area contributed by atoms with Crippen LogP contribution < -0.4 is 5.32 Å². The van der Waals surface area contributed by atoms with Gasteiger partial charge in [-0.1, -0.05) is 0 Å². The van der Waals surface area contributed by atoms with E-state index in [1.54, 1.807) is 0 Å². The molecular formula is C7H17N2+. The van der Waals surface area contributed by atoms with E-state index in [1.165, 1.54) is 24.1 Å². The van der Waals surface area contributed by atoms with Crippen molar-refractivity contribution in [2.45, 2.75) is 13.0 Å². The van der Waals surface area contributed by atoms with E-state index >= 15 is 0 Å². The molecule has 1 atom stereocenters. The summed E-state index contributed by atoms with van der Waals surface area (Å²) in [6.45, 7) is 5.96. The Labute approximate surface area is 57.4 Å². The van der Waals surface area contributed by atoms with Crippen molar-refractivity contribution in [1.82, 2.24) is 5.32 Å². The molecule has 2 heteroatoms. The number of nitrogens with zero attached hydrogens (tertiary/aromatic N) is 1. The lowest BCUT2D eigenvalue weighted by atomic mass is 10.2. The SMILES string of the molecule is CC1C[N+](C)(C)CCN1. The maximum absolute atomic E-state index is 3.42. The Morgan fingerprint density at radius 3 is 2.44 bits per heavy atom. The van der Waals surface area contributed by atoms with Crippen molar-refractivity contribution in [2.75, 3.05) is 33.7 Å².